The first-order chi connectivity index (χ1) is 21.0. The SMILES string of the molecule is CN1c2ccc(C(c3ccccc3)c3ccccc3)cc2C(C)(C)c2cc(N(c3ccccc3)c3ccccc3)ccc21. The third-order valence-corrected chi connectivity index (χ3v) is 8.96. The number of anilines is 5. The molecule has 0 atom stereocenters. The summed E-state index contributed by atoms with van der Waals surface area (Å²) in [6.45, 7) is 4.75. The van der Waals surface area contributed by atoms with Crippen LogP contribution in [0.4, 0.5) is 28.4 Å². The van der Waals surface area contributed by atoms with Crippen LogP contribution in [-0.4, -0.2) is 7.05 Å². The van der Waals surface area contributed by atoms with E-state index in [1.807, 2.05) is 0 Å². The lowest BCUT2D eigenvalue weighted by Crippen LogP contribution is -2.31. The highest BCUT2D eigenvalue weighted by atomic mass is 15.2. The smallest absolute Gasteiger partial charge is 0.0466 e. The maximum absolute atomic E-state index is 2.46. The fourth-order valence-corrected chi connectivity index (χ4v) is 6.73. The molecule has 0 unspecified atom stereocenters. The molecule has 0 fully saturated rings. The minimum Gasteiger partial charge on any atom is -0.344 e. The maximum atomic E-state index is 2.46. The average molecular weight is 557 g/mol. The van der Waals surface area contributed by atoms with Crippen LogP contribution in [0.3, 0.4) is 0 Å². The average Bonchev–Trinajstić information content (AvgIpc) is 3.06. The number of hydrogen-bond donors (Lipinski definition) is 0. The van der Waals surface area contributed by atoms with Gasteiger partial charge in [0.05, 0.1) is 0 Å². The molecule has 0 bridgehead atoms. The molecule has 1 aliphatic rings. The Morgan fingerprint density at radius 1 is 0.465 bits per heavy atom. The van der Waals surface area contributed by atoms with Gasteiger partial charge in [-0.05, 0) is 76.3 Å². The molecule has 0 aromatic heterocycles. The fraction of sp³-hybridized carbons (Fsp3) is 0.122. The minimum absolute atomic E-state index is 0.160. The Kier molecular flexibility index (Phi) is 6.83. The van der Waals surface area contributed by atoms with Crippen molar-refractivity contribution in [2.45, 2.75) is 25.2 Å². The zero-order chi connectivity index (χ0) is 29.4. The van der Waals surface area contributed by atoms with Gasteiger partial charge in [0.25, 0.3) is 0 Å². The van der Waals surface area contributed by atoms with Crippen molar-refractivity contribution in [3.8, 4) is 0 Å². The summed E-state index contributed by atoms with van der Waals surface area (Å²) in [5.74, 6) is 0.160. The lowest BCUT2D eigenvalue weighted by Gasteiger charge is -2.41. The topological polar surface area (TPSA) is 6.48 Å². The van der Waals surface area contributed by atoms with Gasteiger partial charge in [-0.1, -0.05) is 123 Å². The van der Waals surface area contributed by atoms with E-state index in [9.17, 15) is 0 Å². The maximum Gasteiger partial charge on any atom is 0.0466 e. The van der Waals surface area contributed by atoms with E-state index in [-0.39, 0.29) is 11.3 Å². The molecular formula is C41H36N2. The van der Waals surface area contributed by atoms with Gasteiger partial charge in [0.1, 0.15) is 0 Å². The van der Waals surface area contributed by atoms with E-state index in [1.54, 1.807) is 0 Å². The molecule has 43 heavy (non-hydrogen) atoms. The predicted octanol–water partition coefficient (Wildman–Crippen LogP) is 10.7. The van der Waals surface area contributed by atoms with E-state index in [0.717, 1.165) is 17.1 Å². The highest BCUT2D eigenvalue weighted by Crippen LogP contribution is 2.51. The van der Waals surface area contributed by atoms with E-state index in [1.165, 1.54) is 39.2 Å². The largest absolute Gasteiger partial charge is 0.344 e. The van der Waals surface area contributed by atoms with Crippen LogP contribution in [0.1, 0.15) is 47.6 Å². The molecule has 2 nitrogen and oxygen atoms in total. The summed E-state index contributed by atoms with van der Waals surface area (Å²) in [6, 6.07) is 57.1. The summed E-state index contributed by atoms with van der Waals surface area (Å²) in [6.07, 6.45) is 0. The quantitative estimate of drug-likeness (QED) is 0.188. The molecule has 0 N–H and O–H groups in total. The Balaban J connectivity index is 1.37. The molecule has 1 heterocycles. The first-order valence-electron chi connectivity index (χ1n) is 15.1. The molecule has 0 saturated carbocycles. The van der Waals surface area contributed by atoms with Crippen molar-refractivity contribution >= 4 is 28.4 Å². The van der Waals surface area contributed by atoms with E-state index < -0.39 is 0 Å². The Morgan fingerprint density at radius 2 is 0.907 bits per heavy atom. The van der Waals surface area contributed by atoms with Gasteiger partial charge in [-0.25, -0.2) is 0 Å². The van der Waals surface area contributed by atoms with Crippen LogP contribution in [0.15, 0.2) is 158 Å². The highest BCUT2D eigenvalue weighted by molar-refractivity contribution is 5.83. The molecule has 0 spiro atoms. The third-order valence-electron chi connectivity index (χ3n) is 8.96. The predicted molar refractivity (Wildman–Crippen MR) is 182 cm³/mol. The molecule has 0 amide bonds. The zero-order valence-corrected chi connectivity index (χ0v) is 25.0. The molecule has 1 aliphatic heterocycles. The Morgan fingerprint density at radius 3 is 1.42 bits per heavy atom. The summed E-state index contributed by atoms with van der Waals surface area (Å²) >= 11 is 0. The zero-order valence-electron chi connectivity index (χ0n) is 25.0. The summed E-state index contributed by atoms with van der Waals surface area (Å²) in [5.41, 5.74) is 12.3. The second-order valence-electron chi connectivity index (χ2n) is 11.9. The van der Waals surface area contributed by atoms with Gasteiger partial charge in [0, 0.05) is 46.8 Å². The molecule has 7 rings (SSSR count). The van der Waals surface area contributed by atoms with Crippen LogP contribution in [0.25, 0.3) is 0 Å². The van der Waals surface area contributed by atoms with Crippen molar-refractivity contribution < 1.29 is 0 Å². The van der Waals surface area contributed by atoms with Crippen molar-refractivity contribution in [1.82, 2.24) is 0 Å². The van der Waals surface area contributed by atoms with Crippen molar-refractivity contribution in [3.63, 3.8) is 0 Å². The summed E-state index contributed by atoms with van der Waals surface area (Å²) in [7, 11) is 2.20. The summed E-state index contributed by atoms with van der Waals surface area (Å²) in [4.78, 5) is 4.71. The van der Waals surface area contributed by atoms with Crippen molar-refractivity contribution in [2.75, 3.05) is 16.8 Å². The lowest BCUT2D eigenvalue weighted by molar-refractivity contribution is 0.628. The molecule has 2 heteroatoms. The third kappa shape index (κ3) is 4.79. The summed E-state index contributed by atoms with van der Waals surface area (Å²) in [5, 5.41) is 0. The summed E-state index contributed by atoms with van der Waals surface area (Å²) < 4.78 is 0. The van der Waals surface area contributed by atoms with Gasteiger partial charge in [0.15, 0.2) is 0 Å². The number of fused-ring (bicyclic) bond motifs is 2. The van der Waals surface area contributed by atoms with Crippen LogP contribution in [0.5, 0.6) is 0 Å². The highest BCUT2D eigenvalue weighted by Gasteiger charge is 2.36. The van der Waals surface area contributed by atoms with Gasteiger partial charge in [0.2, 0.25) is 0 Å². The van der Waals surface area contributed by atoms with Crippen LogP contribution in [0.2, 0.25) is 0 Å². The first-order valence-corrected chi connectivity index (χ1v) is 15.1. The lowest BCUT2D eigenvalue weighted by atomic mass is 9.72. The van der Waals surface area contributed by atoms with Gasteiger partial charge < -0.3 is 9.80 Å². The molecule has 0 aliphatic carbocycles. The van der Waals surface area contributed by atoms with Gasteiger partial charge in [-0.3, -0.25) is 0 Å². The Labute approximate surface area is 255 Å². The van der Waals surface area contributed by atoms with E-state index >= 15 is 0 Å². The second kappa shape index (κ2) is 11.0. The van der Waals surface area contributed by atoms with E-state index in [4.69, 9.17) is 0 Å². The van der Waals surface area contributed by atoms with E-state index in [0.29, 0.717) is 0 Å². The molecule has 0 saturated heterocycles. The molecule has 210 valence electrons. The van der Waals surface area contributed by atoms with Crippen LogP contribution >= 0.6 is 0 Å². The molecule has 6 aromatic rings. The Hall–Kier alpha value is -5.08. The normalized spacial score (nSPS) is 13.3. The van der Waals surface area contributed by atoms with Crippen LogP contribution in [-0.2, 0) is 5.41 Å². The fourth-order valence-electron chi connectivity index (χ4n) is 6.73. The number of nitrogens with zero attached hydrogens (tertiary/aromatic N) is 2. The van der Waals surface area contributed by atoms with Crippen molar-refractivity contribution in [1.29, 1.82) is 0 Å². The monoisotopic (exact) mass is 556 g/mol. The van der Waals surface area contributed by atoms with Crippen LogP contribution < -0.4 is 9.80 Å². The number of benzene rings is 6. The second-order valence-corrected chi connectivity index (χ2v) is 11.9. The number of rotatable bonds is 6. The van der Waals surface area contributed by atoms with Crippen molar-refractivity contribution in [3.05, 3.63) is 186 Å². The van der Waals surface area contributed by atoms with Gasteiger partial charge in [-0.15, -0.1) is 0 Å². The van der Waals surface area contributed by atoms with Gasteiger partial charge in [-0.2, -0.15) is 0 Å². The standard InChI is InChI=1S/C41H36N2/c1-41(2)36-28-32(40(30-16-8-4-9-17-30)31-18-10-5-11-19-31)24-26-38(36)42(3)39-27-25-35(29-37(39)41)43(33-20-12-6-13-21-33)34-22-14-7-15-23-34/h4-29,40H,1-3H3. The number of para-hydroxylation sites is 2. The first kappa shape index (κ1) is 26.8. The van der Waals surface area contributed by atoms with Crippen LogP contribution in [0, 0.1) is 0 Å². The number of hydrogen-bond acceptors (Lipinski definition) is 2. The van der Waals surface area contributed by atoms with Gasteiger partial charge >= 0.3 is 0 Å². The molecular weight excluding hydrogens is 520 g/mol. The molecule has 6 aromatic carbocycles. The Bertz CT molecular complexity index is 1630. The minimum atomic E-state index is -0.208. The van der Waals surface area contributed by atoms with Crippen molar-refractivity contribution in [2.24, 2.45) is 0 Å². The van der Waals surface area contributed by atoms with E-state index in [2.05, 4.69) is 188 Å². The molecule has 0 radical (unpaired) electrons.